The number of rotatable bonds is 4. The molecule has 9 heteroatoms. The summed E-state index contributed by atoms with van der Waals surface area (Å²) in [5, 5.41) is 18.1. The van der Waals surface area contributed by atoms with Gasteiger partial charge in [0, 0.05) is 31.4 Å². The van der Waals surface area contributed by atoms with E-state index < -0.39 is 22.9 Å². The molecule has 0 bridgehead atoms. The number of Topliss-reactive ketones (excluding diaryl/α,β-unsaturated/α-hetero) is 1. The first-order valence-corrected chi connectivity index (χ1v) is 9.66. The first-order valence-electron chi connectivity index (χ1n) is 9.28. The third-order valence-electron chi connectivity index (χ3n) is 5.45. The zero-order chi connectivity index (χ0) is 20.9. The van der Waals surface area contributed by atoms with Gasteiger partial charge in [-0.3, -0.25) is 9.59 Å². The van der Waals surface area contributed by atoms with Crippen LogP contribution in [0.4, 0.5) is 10.1 Å². The summed E-state index contributed by atoms with van der Waals surface area (Å²) >= 11 is 6.60. The molecule has 148 valence electrons. The maximum Gasteiger partial charge on any atom is 0.200 e. The number of carbonyl (C=O) groups excluding carboxylic acids is 1. The van der Waals surface area contributed by atoms with Crippen LogP contribution in [0.2, 0.25) is 5.02 Å². The minimum absolute atomic E-state index is 0.0175. The molecule has 2 aliphatic rings. The summed E-state index contributed by atoms with van der Waals surface area (Å²) in [4.78, 5) is 27.3. The molecule has 2 heterocycles. The molecule has 2 N–H and O–H groups in total. The molecule has 1 aliphatic carbocycles. The Morgan fingerprint density at radius 1 is 1.31 bits per heavy atom. The van der Waals surface area contributed by atoms with E-state index in [2.05, 4.69) is 0 Å². The summed E-state index contributed by atoms with van der Waals surface area (Å²) in [6.45, 7) is 1.01. The first kappa shape index (κ1) is 19.4. The molecule has 0 spiro atoms. The zero-order valence-electron chi connectivity index (χ0n) is 15.4. The predicted octanol–water partition coefficient (Wildman–Crippen LogP) is 2.51. The van der Waals surface area contributed by atoms with Gasteiger partial charge in [0.05, 0.1) is 39.3 Å². The molecule has 7 nitrogen and oxygen atoms in total. The lowest BCUT2D eigenvalue weighted by atomic mass is 9.99. The summed E-state index contributed by atoms with van der Waals surface area (Å²) in [7, 11) is 0. The Hall–Kier alpha value is -2.94. The highest BCUT2D eigenvalue weighted by Gasteiger charge is 2.32. The van der Waals surface area contributed by atoms with Gasteiger partial charge in [-0.1, -0.05) is 11.6 Å². The van der Waals surface area contributed by atoms with Gasteiger partial charge >= 0.3 is 0 Å². The lowest BCUT2D eigenvalue weighted by Crippen LogP contribution is -2.28. The molecule has 4 rings (SSSR count). The van der Waals surface area contributed by atoms with Crippen molar-refractivity contribution in [1.29, 1.82) is 10.5 Å². The summed E-state index contributed by atoms with van der Waals surface area (Å²) in [6.07, 6.45) is 3.71. The van der Waals surface area contributed by atoms with Crippen LogP contribution in [-0.4, -0.2) is 29.5 Å². The number of hydrogen-bond acceptors (Lipinski definition) is 6. The Labute approximate surface area is 170 Å². The molecule has 0 amide bonds. The molecule has 1 atom stereocenters. The molecule has 1 saturated carbocycles. The number of anilines is 1. The zero-order valence-corrected chi connectivity index (χ0v) is 16.1. The average Bonchev–Trinajstić information content (AvgIpc) is 3.45. The van der Waals surface area contributed by atoms with Crippen LogP contribution in [0, 0.1) is 34.4 Å². The molecule has 29 heavy (non-hydrogen) atoms. The lowest BCUT2D eigenvalue weighted by Gasteiger charge is -2.23. The number of nitriles is 2. The van der Waals surface area contributed by atoms with Gasteiger partial charge in [0.25, 0.3) is 0 Å². The first-order chi connectivity index (χ1) is 13.9. The number of benzene rings is 1. The van der Waals surface area contributed by atoms with Crippen LogP contribution in [0.5, 0.6) is 0 Å². The van der Waals surface area contributed by atoms with E-state index in [0.717, 1.165) is 18.9 Å². The van der Waals surface area contributed by atoms with Crippen molar-refractivity contribution in [2.45, 2.75) is 31.3 Å². The van der Waals surface area contributed by atoms with Crippen molar-refractivity contribution in [2.75, 3.05) is 18.0 Å². The van der Waals surface area contributed by atoms with Crippen LogP contribution < -0.4 is 16.1 Å². The number of carbonyl (C=O) groups is 1. The third kappa shape index (κ3) is 3.15. The highest BCUT2D eigenvalue weighted by molar-refractivity contribution is 6.38. The van der Waals surface area contributed by atoms with Gasteiger partial charge in [0.15, 0.2) is 17.1 Å². The smallest absolute Gasteiger partial charge is 0.200 e. The maximum atomic E-state index is 15.0. The van der Waals surface area contributed by atoms with Gasteiger partial charge in [-0.2, -0.15) is 10.5 Å². The second-order valence-electron chi connectivity index (χ2n) is 7.48. The molecule has 2 fully saturated rings. The Morgan fingerprint density at radius 3 is 2.55 bits per heavy atom. The molecule has 1 aliphatic heterocycles. The molecule has 0 radical (unpaired) electrons. The average molecular weight is 414 g/mol. The van der Waals surface area contributed by atoms with Crippen molar-refractivity contribution in [3.05, 3.63) is 38.9 Å². The molecular formula is C20H17ClFN5O2. The number of hydrogen-bond donors (Lipinski definition) is 1. The number of fused-ring (bicyclic) bond motifs is 1. The SMILES string of the molecule is N#CC(C#N)C(=O)c1cn(C2CC2)c2c(Cl)c(N3CCC(N)C3)c(F)cc2c1=O. The van der Waals surface area contributed by atoms with Gasteiger partial charge in [0.1, 0.15) is 5.82 Å². The van der Waals surface area contributed by atoms with E-state index in [-0.39, 0.29) is 33.7 Å². The van der Waals surface area contributed by atoms with E-state index in [1.165, 1.54) is 6.20 Å². The maximum absolute atomic E-state index is 15.0. The molecule has 1 unspecified atom stereocenters. The van der Waals surface area contributed by atoms with Crippen LogP contribution in [0.1, 0.15) is 35.7 Å². The second kappa shape index (κ2) is 7.14. The second-order valence-corrected chi connectivity index (χ2v) is 7.86. The Bertz CT molecular complexity index is 1160. The van der Waals surface area contributed by atoms with Crippen LogP contribution in [-0.2, 0) is 0 Å². The van der Waals surface area contributed by atoms with Gasteiger partial charge in [0.2, 0.25) is 0 Å². The fourth-order valence-electron chi connectivity index (χ4n) is 3.83. The molecule has 1 aromatic heterocycles. The van der Waals surface area contributed by atoms with Crippen molar-refractivity contribution in [3.8, 4) is 12.1 Å². The van der Waals surface area contributed by atoms with E-state index in [4.69, 9.17) is 27.9 Å². The summed E-state index contributed by atoms with van der Waals surface area (Å²) in [6, 6.07) is 4.19. The molecular weight excluding hydrogens is 397 g/mol. The standard InChI is InChI=1S/C20H17ClFN5O2/c21-16-17-13(5-15(22)18(16)26-4-3-11(25)8-26)20(29)14(9-27(17)12-1-2-12)19(28)10(6-23)7-24/h5,9-12H,1-4,8,25H2. The Balaban J connectivity index is 1.98. The van der Waals surface area contributed by atoms with Crippen LogP contribution in [0.25, 0.3) is 10.9 Å². The highest BCUT2D eigenvalue weighted by atomic mass is 35.5. The monoisotopic (exact) mass is 413 g/mol. The number of nitrogens with two attached hydrogens (primary N) is 1. The van der Waals surface area contributed by atoms with E-state index in [1.54, 1.807) is 21.6 Å². The van der Waals surface area contributed by atoms with E-state index in [0.29, 0.717) is 25.0 Å². The van der Waals surface area contributed by atoms with Gasteiger partial charge < -0.3 is 15.2 Å². The Morgan fingerprint density at radius 2 is 2.00 bits per heavy atom. The predicted molar refractivity (Wildman–Crippen MR) is 105 cm³/mol. The lowest BCUT2D eigenvalue weighted by molar-refractivity contribution is 0.0969. The number of ketones is 1. The van der Waals surface area contributed by atoms with Crippen LogP contribution in [0.15, 0.2) is 17.1 Å². The van der Waals surface area contributed by atoms with Gasteiger partial charge in [-0.05, 0) is 25.3 Å². The fraction of sp³-hybridized carbons (Fsp3) is 0.400. The number of aromatic nitrogens is 1. The van der Waals surface area contributed by atoms with E-state index in [9.17, 15) is 9.59 Å². The summed E-state index contributed by atoms with van der Waals surface area (Å²) in [5.74, 6) is -3.15. The number of nitrogens with zero attached hydrogens (tertiary/aromatic N) is 4. The summed E-state index contributed by atoms with van der Waals surface area (Å²) < 4.78 is 16.7. The highest BCUT2D eigenvalue weighted by Crippen LogP contribution is 2.42. The van der Waals surface area contributed by atoms with Crippen molar-refractivity contribution in [1.82, 2.24) is 4.57 Å². The van der Waals surface area contributed by atoms with Gasteiger partial charge in [-0.15, -0.1) is 0 Å². The topological polar surface area (TPSA) is 116 Å². The van der Waals surface area contributed by atoms with Crippen molar-refractivity contribution in [3.63, 3.8) is 0 Å². The van der Waals surface area contributed by atoms with E-state index >= 15 is 4.39 Å². The minimum Gasteiger partial charge on any atom is -0.366 e. The molecule has 2 aromatic rings. The quantitative estimate of drug-likeness (QED) is 0.770. The van der Waals surface area contributed by atoms with Crippen molar-refractivity contribution in [2.24, 2.45) is 11.7 Å². The number of pyridine rings is 1. The largest absolute Gasteiger partial charge is 0.366 e. The number of halogens is 2. The third-order valence-corrected chi connectivity index (χ3v) is 5.81. The minimum atomic E-state index is -1.60. The van der Waals surface area contributed by atoms with Crippen molar-refractivity contribution < 1.29 is 9.18 Å². The fourth-order valence-corrected chi connectivity index (χ4v) is 4.24. The normalized spacial score (nSPS) is 18.8. The van der Waals surface area contributed by atoms with Crippen LogP contribution >= 0.6 is 11.6 Å². The van der Waals surface area contributed by atoms with Gasteiger partial charge in [-0.25, -0.2) is 4.39 Å². The van der Waals surface area contributed by atoms with Crippen molar-refractivity contribution >= 4 is 34.0 Å². The molecule has 1 aromatic carbocycles. The Kier molecular flexibility index (Phi) is 4.77. The van der Waals surface area contributed by atoms with Crippen LogP contribution in [0.3, 0.4) is 0 Å². The summed E-state index contributed by atoms with van der Waals surface area (Å²) in [5.41, 5.74) is 5.47. The van der Waals surface area contributed by atoms with E-state index in [1.807, 2.05) is 0 Å². The molecule has 1 saturated heterocycles.